The number of nitrogens with zero attached hydrogens (tertiary/aromatic N) is 2. The Morgan fingerprint density at radius 2 is 1.77 bits per heavy atom. The molecular weight excluding hydrogens is 371 g/mol. The fourth-order valence-electron chi connectivity index (χ4n) is 2.65. The first-order valence-corrected chi connectivity index (χ1v) is 8.80. The molecule has 0 aliphatic heterocycles. The summed E-state index contributed by atoms with van der Waals surface area (Å²) in [6.07, 6.45) is 0. The van der Waals surface area contributed by atoms with Gasteiger partial charge in [0.15, 0.2) is 0 Å². The molecule has 1 heterocycles. The number of carbonyl (C=O) groups is 1. The zero-order valence-electron chi connectivity index (χ0n) is 14.4. The zero-order chi connectivity index (χ0) is 18.7. The minimum absolute atomic E-state index is 0.333. The second kappa shape index (κ2) is 7.81. The van der Waals surface area contributed by atoms with Gasteiger partial charge in [-0.25, -0.2) is 4.79 Å². The van der Waals surface area contributed by atoms with E-state index in [0.29, 0.717) is 28.0 Å². The highest BCUT2D eigenvalue weighted by Gasteiger charge is 2.14. The van der Waals surface area contributed by atoms with E-state index in [1.807, 2.05) is 42.8 Å². The van der Waals surface area contributed by atoms with Gasteiger partial charge in [0.2, 0.25) is 0 Å². The smallest absolute Gasteiger partial charge is 0.308 e. The number of urea groups is 1. The fourth-order valence-corrected chi connectivity index (χ4v) is 2.99. The summed E-state index contributed by atoms with van der Waals surface area (Å²) >= 11 is 11.9. The number of benzene rings is 2. The molecule has 3 rings (SSSR count). The molecule has 0 atom stereocenters. The average molecular weight is 389 g/mol. The van der Waals surface area contributed by atoms with Gasteiger partial charge >= 0.3 is 6.03 Å². The highest BCUT2D eigenvalue weighted by atomic mass is 35.5. The SMILES string of the molecule is Cc1nn(Cc2cccc(Cl)c2)c(C)c1NC(=O)Nc1ccc(Cl)cc1. The van der Waals surface area contributed by atoms with Gasteiger partial charge in [0, 0.05) is 15.7 Å². The van der Waals surface area contributed by atoms with Crippen molar-refractivity contribution >= 4 is 40.6 Å². The number of amides is 2. The van der Waals surface area contributed by atoms with E-state index < -0.39 is 0 Å². The maximum absolute atomic E-state index is 12.3. The summed E-state index contributed by atoms with van der Waals surface area (Å²) in [5, 5.41) is 11.5. The molecule has 26 heavy (non-hydrogen) atoms. The van der Waals surface area contributed by atoms with Crippen LogP contribution in [0.1, 0.15) is 17.0 Å². The molecule has 0 unspecified atom stereocenters. The van der Waals surface area contributed by atoms with Crippen molar-refractivity contribution < 1.29 is 4.79 Å². The van der Waals surface area contributed by atoms with E-state index in [4.69, 9.17) is 23.2 Å². The summed E-state index contributed by atoms with van der Waals surface area (Å²) in [5.41, 5.74) is 4.01. The van der Waals surface area contributed by atoms with Crippen molar-refractivity contribution in [3.8, 4) is 0 Å². The molecule has 7 heteroatoms. The van der Waals surface area contributed by atoms with E-state index in [1.165, 1.54) is 0 Å². The van der Waals surface area contributed by atoms with Crippen molar-refractivity contribution in [2.24, 2.45) is 0 Å². The van der Waals surface area contributed by atoms with Crippen molar-refractivity contribution in [1.29, 1.82) is 0 Å². The molecule has 5 nitrogen and oxygen atoms in total. The molecule has 2 N–H and O–H groups in total. The molecule has 0 radical (unpaired) electrons. The van der Waals surface area contributed by atoms with Gasteiger partial charge in [-0.1, -0.05) is 35.3 Å². The van der Waals surface area contributed by atoms with Gasteiger partial charge < -0.3 is 10.6 Å². The molecule has 0 aliphatic carbocycles. The van der Waals surface area contributed by atoms with Gasteiger partial charge in [0.1, 0.15) is 0 Å². The van der Waals surface area contributed by atoms with Gasteiger partial charge in [0.25, 0.3) is 0 Å². The Bertz CT molecular complexity index is 935. The molecule has 2 amide bonds. The zero-order valence-corrected chi connectivity index (χ0v) is 15.9. The lowest BCUT2D eigenvalue weighted by Crippen LogP contribution is -2.20. The number of rotatable bonds is 4. The van der Waals surface area contributed by atoms with E-state index in [-0.39, 0.29) is 6.03 Å². The molecule has 0 saturated carbocycles. The molecule has 1 aromatic heterocycles. The number of hydrogen-bond donors (Lipinski definition) is 2. The van der Waals surface area contributed by atoms with Crippen LogP contribution >= 0.6 is 23.2 Å². The number of hydrogen-bond acceptors (Lipinski definition) is 2. The van der Waals surface area contributed by atoms with Crippen molar-refractivity contribution in [3.63, 3.8) is 0 Å². The van der Waals surface area contributed by atoms with Crippen LogP contribution in [0.3, 0.4) is 0 Å². The molecule has 0 bridgehead atoms. The van der Waals surface area contributed by atoms with Crippen molar-refractivity contribution in [2.75, 3.05) is 10.6 Å². The number of nitrogens with one attached hydrogen (secondary N) is 2. The lowest BCUT2D eigenvalue weighted by Gasteiger charge is -2.09. The molecule has 0 aliphatic rings. The van der Waals surface area contributed by atoms with Gasteiger partial charge in [-0.15, -0.1) is 0 Å². The topological polar surface area (TPSA) is 59.0 Å². The Hall–Kier alpha value is -2.50. The fraction of sp³-hybridized carbons (Fsp3) is 0.158. The van der Waals surface area contributed by atoms with Crippen LogP contribution in [-0.2, 0) is 6.54 Å². The summed E-state index contributed by atoms with van der Waals surface area (Å²) in [7, 11) is 0. The van der Waals surface area contributed by atoms with Crippen molar-refractivity contribution in [2.45, 2.75) is 20.4 Å². The average Bonchev–Trinajstić information content (AvgIpc) is 2.84. The second-order valence-electron chi connectivity index (χ2n) is 5.92. The Morgan fingerprint density at radius 3 is 2.46 bits per heavy atom. The van der Waals surface area contributed by atoms with Gasteiger partial charge in [0.05, 0.1) is 23.6 Å². The molecule has 0 saturated heterocycles. The summed E-state index contributed by atoms with van der Waals surface area (Å²) in [4.78, 5) is 12.3. The highest BCUT2D eigenvalue weighted by Crippen LogP contribution is 2.22. The third-order valence-electron chi connectivity index (χ3n) is 3.94. The van der Waals surface area contributed by atoms with E-state index in [1.54, 1.807) is 24.3 Å². The first kappa shape index (κ1) is 18.3. The largest absolute Gasteiger partial charge is 0.323 e. The standard InChI is InChI=1S/C19H18Cl2N4O/c1-12-18(23-19(26)22-17-8-6-15(20)7-9-17)13(2)25(24-12)11-14-4-3-5-16(21)10-14/h3-10H,11H2,1-2H3,(H2,22,23,26). The predicted molar refractivity (Wildman–Crippen MR) is 106 cm³/mol. The van der Waals surface area contributed by atoms with Crippen LogP contribution in [0, 0.1) is 13.8 Å². The third-order valence-corrected chi connectivity index (χ3v) is 4.43. The van der Waals surface area contributed by atoms with Gasteiger partial charge in [-0.2, -0.15) is 5.10 Å². The minimum Gasteiger partial charge on any atom is -0.308 e. The normalized spacial score (nSPS) is 10.6. The van der Waals surface area contributed by atoms with Crippen LogP contribution in [0.25, 0.3) is 0 Å². The lowest BCUT2D eigenvalue weighted by molar-refractivity contribution is 0.262. The Morgan fingerprint density at radius 1 is 1.04 bits per heavy atom. The Labute approximate surface area is 161 Å². The maximum atomic E-state index is 12.3. The van der Waals surface area contributed by atoms with Crippen LogP contribution in [0.2, 0.25) is 10.0 Å². The summed E-state index contributed by atoms with van der Waals surface area (Å²) in [6, 6.07) is 14.2. The first-order valence-electron chi connectivity index (χ1n) is 8.04. The lowest BCUT2D eigenvalue weighted by atomic mass is 10.2. The quantitative estimate of drug-likeness (QED) is 0.619. The van der Waals surface area contributed by atoms with Crippen LogP contribution < -0.4 is 10.6 Å². The van der Waals surface area contributed by atoms with E-state index in [9.17, 15) is 4.79 Å². The Balaban J connectivity index is 1.73. The monoisotopic (exact) mass is 388 g/mol. The van der Waals surface area contributed by atoms with Crippen molar-refractivity contribution in [1.82, 2.24) is 9.78 Å². The van der Waals surface area contributed by atoms with E-state index >= 15 is 0 Å². The maximum Gasteiger partial charge on any atom is 0.323 e. The van der Waals surface area contributed by atoms with Crippen LogP contribution in [0.15, 0.2) is 48.5 Å². The minimum atomic E-state index is -0.333. The summed E-state index contributed by atoms with van der Waals surface area (Å²) < 4.78 is 1.85. The molecule has 0 spiro atoms. The van der Waals surface area contributed by atoms with Crippen LogP contribution in [0.5, 0.6) is 0 Å². The summed E-state index contributed by atoms with van der Waals surface area (Å²) in [5.74, 6) is 0. The number of aryl methyl sites for hydroxylation is 1. The molecule has 3 aromatic rings. The molecular formula is C19H18Cl2N4O. The van der Waals surface area contributed by atoms with Crippen molar-refractivity contribution in [3.05, 3.63) is 75.5 Å². The number of carbonyl (C=O) groups excluding carboxylic acids is 1. The van der Waals surface area contributed by atoms with Crippen LogP contribution in [0.4, 0.5) is 16.2 Å². The van der Waals surface area contributed by atoms with Gasteiger partial charge in [-0.05, 0) is 55.8 Å². The highest BCUT2D eigenvalue weighted by molar-refractivity contribution is 6.30. The number of anilines is 2. The van der Waals surface area contributed by atoms with E-state index in [0.717, 1.165) is 17.0 Å². The van der Waals surface area contributed by atoms with Gasteiger partial charge in [-0.3, -0.25) is 4.68 Å². The first-order chi connectivity index (χ1) is 12.4. The predicted octanol–water partition coefficient (Wildman–Crippen LogP) is 5.50. The number of halogens is 2. The molecule has 0 fully saturated rings. The Kier molecular flexibility index (Phi) is 5.49. The van der Waals surface area contributed by atoms with Crippen LogP contribution in [-0.4, -0.2) is 15.8 Å². The molecule has 134 valence electrons. The number of aromatic nitrogens is 2. The second-order valence-corrected chi connectivity index (χ2v) is 6.79. The molecule has 2 aromatic carbocycles. The van der Waals surface area contributed by atoms with E-state index in [2.05, 4.69) is 15.7 Å². The summed E-state index contributed by atoms with van der Waals surface area (Å²) in [6.45, 7) is 4.36. The third kappa shape index (κ3) is 4.36.